The van der Waals surface area contributed by atoms with Crippen molar-refractivity contribution >= 4 is 11.0 Å². The third kappa shape index (κ3) is 2.96. The van der Waals surface area contributed by atoms with Gasteiger partial charge in [-0.3, -0.25) is 0 Å². The van der Waals surface area contributed by atoms with Gasteiger partial charge in [-0.05, 0) is 34.9 Å². The average Bonchev–Trinajstić information content (AvgIpc) is 1.62. The predicted octanol–water partition coefficient (Wildman–Crippen LogP) is 1.01. The Kier molecular flexibility index (Phi) is 2.83. The van der Waals surface area contributed by atoms with Crippen LogP contribution in [0.1, 0.15) is 20.8 Å². The summed E-state index contributed by atoms with van der Waals surface area (Å²) in [6, 6.07) is 0. The molecule has 9 heavy (non-hydrogen) atoms. The molecule has 0 aromatic heterocycles. The third-order valence-electron chi connectivity index (χ3n) is 0.856. The summed E-state index contributed by atoms with van der Waals surface area (Å²) in [5.74, 6) is 0. The van der Waals surface area contributed by atoms with E-state index in [2.05, 4.69) is 0 Å². The molecule has 0 rings (SSSR count). The van der Waals surface area contributed by atoms with Crippen LogP contribution in [0.3, 0.4) is 0 Å². The molecule has 0 aliphatic heterocycles. The Morgan fingerprint density at radius 1 is 1.22 bits per heavy atom. The molecule has 0 saturated carbocycles. The third-order valence-corrected chi connectivity index (χ3v) is 2.57. The molecule has 0 bridgehead atoms. The highest BCUT2D eigenvalue weighted by Gasteiger charge is 2.20. The standard InChI is InChI=1S/C6H15NOS/c1-6(2,3)9(8)7(4)5/h1-5H3/t9-/m0/s1. The van der Waals surface area contributed by atoms with E-state index in [1.54, 1.807) is 4.31 Å². The van der Waals surface area contributed by atoms with Gasteiger partial charge in [0.25, 0.3) is 0 Å². The summed E-state index contributed by atoms with van der Waals surface area (Å²) >= 11 is 0. The van der Waals surface area contributed by atoms with E-state index >= 15 is 0 Å². The number of hydrogen-bond acceptors (Lipinski definition) is 1. The molecule has 0 aromatic carbocycles. The molecule has 0 saturated heterocycles. The lowest BCUT2D eigenvalue weighted by molar-refractivity contribution is 0.567. The topological polar surface area (TPSA) is 20.3 Å². The minimum Gasteiger partial charge on any atom is -0.242 e. The van der Waals surface area contributed by atoms with Crippen molar-refractivity contribution in [1.29, 1.82) is 0 Å². The molecule has 0 radical (unpaired) electrons. The molecular formula is C6H15NOS. The summed E-state index contributed by atoms with van der Waals surface area (Å²) in [6.07, 6.45) is 0. The minimum absolute atomic E-state index is 0.122. The molecule has 0 aromatic rings. The van der Waals surface area contributed by atoms with E-state index in [-0.39, 0.29) is 4.75 Å². The first kappa shape index (κ1) is 9.11. The molecule has 0 aliphatic carbocycles. The molecule has 0 heterocycles. The first-order valence-corrected chi connectivity index (χ1v) is 4.05. The Morgan fingerprint density at radius 3 is 1.56 bits per heavy atom. The zero-order chi connectivity index (χ0) is 7.65. The Bertz CT molecular complexity index is 115. The van der Waals surface area contributed by atoms with Crippen molar-refractivity contribution in [3.05, 3.63) is 0 Å². The Morgan fingerprint density at radius 2 is 1.56 bits per heavy atom. The van der Waals surface area contributed by atoms with E-state index in [4.69, 9.17) is 0 Å². The molecule has 56 valence electrons. The van der Waals surface area contributed by atoms with Crippen molar-refractivity contribution in [3.8, 4) is 0 Å². The van der Waals surface area contributed by atoms with Crippen molar-refractivity contribution in [3.63, 3.8) is 0 Å². The van der Waals surface area contributed by atoms with Gasteiger partial charge in [0.2, 0.25) is 0 Å². The van der Waals surface area contributed by atoms with Gasteiger partial charge in [-0.25, -0.2) is 8.51 Å². The summed E-state index contributed by atoms with van der Waals surface area (Å²) in [5.41, 5.74) is 0. The molecule has 0 aliphatic rings. The fraction of sp³-hybridized carbons (Fsp3) is 1.00. The molecule has 1 atom stereocenters. The normalized spacial score (nSPS) is 16.2. The second kappa shape index (κ2) is 2.80. The first-order chi connectivity index (χ1) is 3.85. The predicted molar refractivity (Wildman–Crippen MR) is 41.6 cm³/mol. The lowest BCUT2D eigenvalue weighted by Gasteiger charge is -2.21. The number of nitrogens with zero attached hydrogens (tertiary/aromatic N) is 1. The monoisotopic (exact) mass is 149 g/mol. The smallest absolute Gasteiger partial charge is 0.0992 e. The Balaban J connectivity index is 4.06. The molecular weight excluding hydrogens is 134 g/mol. The van der Waals surface area contributed by atoms with Gasteiger partial charge in [0.1, 0.15) is 0 Å². The quantitative estimate of drug-likeness (QED) is 0.545. The van der Waals surface area contributed by atoms with Crippen LogP contribution in [0.5, 0.6) is 0 Å². The highest BCUT2D eigenvalue weighted by atomic mass is 32.2. The van der Waals surface area contributed by atoms with Crippen molar-refractivity contribution in [2.24, 2.45) is 0 Å². The van der Waals surface area contributed by atoms with Crippen LogP contribution in [0, 0.1) is 0 Å². The molecule has 3 heteroatoms. The lowest BCUT2D eigenvalue weighted by Crippen LogP contribution is -2.32. The van der Waals surface area contributed by atoms with Crippen LogP contribution in [-0.4, -0.2) is 27.4 Å². The van der Waals surface area contributed by atoms with Gasteiger partial charge in [-0.1, -0.05) is 0 Å². The second-order valence-electron chi connectivity index (χ2n) is 3.17. The van der Waals surface area contributed by atoms with Gasteiger partial charge in [-0.15, -0.1) is 0 Å². The average molecular weight is 149 g/mol. The summed E-state index contributed by atoms with van der Waals surface area (Å²) in [4.78, 5) is 0. The van der Waals surface area contributed by atoms with E-state index in [1.807, 2.05) is 34.9 Å². The second-order valence-corrected chi connectivity index (χ2v) is 5.63. The fourth-order valence-electron chi connectivity index (χ4n) is 0.548. The molecule has 2 nitrogen and oxygen atoms in total. The minimum atomic E-state index is -0.856. The van der Waals surface area contributed by atoms with Crippen LogP contribution in [0.2, 0.25) is 0 Å². The highest BCUT2D eigenvalue weighted by molar-refractivity contribution is 7.84. The van der Waals surface area contributed by atoms with Gasteiger partial charge in [-0.2, -0.15) is 0 Å². The van der Waals surface area contributed by atoms with Crippen molar-refractivity contribution in [2.45, 2.75) is 25.5 Å². The fourth-order valence-corrected chi connectivity index (χ4v) is 1.64. The van der Waals surface area contributed by atoms with Gasteiger partial charge < -0.3 is 0 Å². The van der Waals surface area contributed by atoms with E-state index < -0.39 is 11.0 Å². The van der Waals surface area contributed by atoms with E-state index in [9.17, 15) is 4.21 Å². The largest absolute Gasteiger partial charge is 0.242 e. The molecule has 0 amide bonds. The van der Waals surface area contributed by atoms with Crippen LogP contribution in [0.25, 0.3) is 0 Å². The van der Waals surface area contributed by atoms with Gasteiger partial charge in [0, 0.05) is 0 Å². The van der Waals surface area contributed by atoms with Crippen LogP contribution in [0.15, 0.2) is 0 Å². The summed E-state index contributed by atoms with van der Waals surface area (Å²) in [7, 11) is 2.79. The van der Waals surface area contributed by atoms with Crippen molar-refractivity contribution in [1.82, 2.24) is 4.31 Å². The van der Waals surface area contributed by atoms with E-state index in [0.717, 1.165) is 0 Å². The van der Waals surface area contributed by atoms with Gasteiger partial charge in [0.05, 0.1) is 15.7 Å². The number of rotatable bonds is 1. The summed E-state index contributed by atoms with van der Waals surface area (Å²) in [6.45, 7) is 5.88. The maximum atomic E-state index is 11.2. The maximum absolute atomic E-state index is 11.2. The van der Waals surface area contributed by atoms with Crippen LogP contribution in [0.4, 0.5) is 0 Å². The van der Waals surface area contributed by atoms with Crippen molar-refractivity contribution in [2.75, 3.05) is 14.1 Å². The van der Waals surface area contributed by atoms with E-state index in [1.165, 1.54) is 0 Å². The molecule has 0 N–H and O–H groups in total. The summed E-state index contributed by atoms with van der Waals surface area (Å²) in [5, 5.41) is 0. The Labute approximate surface area is 59.8 Å². The number of hydrogen-bond donors (Lipinski definition) is 0. The zero-order valence-electron chi connectivity index (χ0n) is 6.76. The first-order valence-electron chi connectivity index (χ1n) is 2.95. The lowest BCUT2D eigenvalue weighted by atomic mass is 10.3. The SMILES string of the molecule is CN(C)[S@@](=O)C(C)(C)C. The summed E-state index contributed by atoms with van der Waals surface area (Å²) < 4.78 is 12.8. The highest BCUT2D eigenvalue weighted by Crippen LogP contribution is 2.11. The molecule has 0 fully saturated rings. The van der Waals surface area contributed by atoms with Crippen LogP contribution in [-0.2, 0) is 11.0 Å². The van der Waals surface area contributed by atoms with Crippen LogP contribution < -0.4 is 0 Å². The van der Waals surface area contributed by atoms with E-state index in [0.29, 0.717) is 0 Å². The zero-order valence-corrected chi connectivity index (χ0v) is 7.58. The van der Waals surface area contributed by atoms with Gasteiger partial charge in [0.15, 0.2) is 0 Å². The van der Waals surface area contributed by atoms with Crippen LogP contribution >= 0.6 is 0 Å². The molecule has 0 unspecified atom stereocenters. The van der Waals surface area contributed by atoms with Gasteiger partial charge >= 0.3 is 0 Å². The van der Waals surface area contributed by atoms with Crippen molar-refractivity contribution < 1.29 is 4.21 Å². The maximum Gasteiger partial charge on any atom is 0.0992 e. The Hall–Kier alpha value is 0.110. The molecule has 0 spiro atoms.